The molecule has 1 aromatic carbocycles. The van der Waals surface area contributed by atoms with Crippen LogP contribution in [0.15, 0.2) is 42.6 Å². The molecule has 0 fully saturated rings. The van der Waals surface area contributed by atoms with Crippen molar-refractivity contribution in [2.75, 3.05) is 18.1 Å². The van der Waals surface area contributed by atoms with Gasteiger partial charge >= 0.3 is 5.97 Å². The molecular weight excluding hydrogens is 280 g/mol. The van der Waals surface area contributed by atoms with Gasteiger partial charge in [-0.1, -0.05) is 13.0 Å². The fraction of sp³-hybridized carbons (Fsp3) is 0.294. The van der Waals surface area contributed by atoms with Crippen molar-refractivity contribution in [3.63, 3.8) is 0 Å². The number of hydrogen-bond donors (Lipinski definition) is 1. The number of pyridine rings is 1. The molecular formula is C17H20N2O3. The van der Waals surface area contributed by atoms with Crippen molar-refractivity contribution in [3.8, 4) is 5.75 Å². The van der Waals surface area contributed by atoms with Crippen LogP contribution in [0.1, 0.15) is 30.6 Å². The molecule has 5 heteroatoms. The van der Waals surface area contributed by atoms with Crippen molar-refractivity contribution >= 4 is 17.5 Å². The standard InChI is InChI=1S/C17H20N2O3/c1-3-10-22-15-7-5-6-14(11-15)19(4-2)16-9-8-13(12-18-16)17(20)21/h5-9,11-12H,3-4,10H2,1-2H3,(H,20,21). The summed E-state index contributed by atoms with van der Waals surface area (Å²) in [5.74, 6) is 0.553. The van der Waals surface area contributed by atoms with E-state index in [0.29, 0.717) is 12.4 Å². The molecule has 2 aromatic rings. The first-order valence-corrected chi connectivity index (χ1v) is 7.35. The van der Waals surface area contributed by atoms with Gasteiger partial charge in [0.15, 0.2) is 0 Å². The summed E-state index contributed by atoms with van der Waals surface area (Å²) in [6.45, 7) is 5.49. The number of ether oxygens (including phenoxy) is 1. The number of benzene rings is 1. The van der Waals surface area contributed by atoms with Crippen LogP contribution < -0.4 is 9.64 Å². The Morgan fingerprint density at radius 1 is 1.27 bits per heavy atom. The highest BCUT2D eigenvalue weighted by molar-refractivity contribution is 5.87. The lowest BCUT2D eigenvalue weighted by Gasteiger charge is -2.22. The monoisotopic (exact) mass is 300 g/mol. The van der Waals surface area contributed by atoms with Crippen LogP contribution in [0.4, 0.5) is 11.5 Å². The van der Waals surface area contributed by atoms with E-state index >= 15 is 0 Å². The summed E-state index contributed by atoms with van der Waals surface area (Å²) in [5, 5.41) is 8.94. The summed E-state index contributed by atoms with van der Waals surface area (Å²) < 4.78 is 5.65. The molecule has 0 unspecified atom stereocenters. The maximum Gasteiger partial charge on any atom is 0.337 e. The van der Waals surface area contributed by atoms with E-state index in [1.807, 2.05) is 36.1 Å². The van der Waals surface area contributed by atoms with Gasteiger partial charge in [0.1, 0.15) is 11.6 Å². The molecule has 2 rings (SSSR count). The summed E-state index contributed by atoms with van der Waals surface area (Å²) in [4.78, 5) is 17.1. The topological polar surface area (TPSA) is 62.7 Å². The predicted molar refractivity (Wildman–Crippen MR) is 86.1 cm³/mol. The predicted octanol–water partition coefficient (Wildman–Crippen LogP) is 3.73. The van der Waals surface area contributed by atoms with Crippen molar-refractivity contribution in [3.05, 3.63) is 48.2 Å². The summed E-state index contributed by atoms with van der Waals surface area (Å²) in [6, 6.07) is 11.1. The van der Waals surface area contributed by atoms with Crippen molar-refractivity contribution in [2.24, 2.45) is 0 Å². The molecule has 0 radical (unpaired) electrons. The van der Waals surface area contributed by atoms with Crippen LogP contribution in [0.2, 0.25) is 0 Å². The normalized spacial score (nSPS) is 10.3. The Balaban J connectivity index is 2.25. The van der Waals surface area contributed by atoms with E-state index in [9.17, 15) is 4.79 Å². The molecule has 0 saturated carbocycles. The molecule has 0 spiro atoms. The molecule has 0 saturated heterocycles. The van der Waals surface area contributed by atoms with E-state index in [4.69, 9.17) is 9.84 Å². The maximum absolute atomic E-state index is 10.9. The number of anilines is 2. The van der Waals surface area contributed by atoms with Crippen LogP contribution in [0.3, 0.4) is 0 Å². The van der Waals surface area contributed by atoms with Gasteiger partial charge in [0, 0.05) is 24.5 Å². The molecule has 1 N–H and O–H groups in total. The van der Waals surface area contributed by atoms with E-state index in [-0.39, 0.29) is 5.56 Å². The third-order valence-corrected chi connectivity index (χ3v) is 3.19. The van der Waals surface area contributed by atoms with Crippen LogP contribution >= 0.6 is 0 Å². The Morgan fingerprint density at radius 3 is 2.68 bits per heavy atom. The Bertz CT molecular complexity index is 626. The van der Waals surface area contributed by atoms with Crippen LogP contribution in [0.25, 0.3) is 0 Å². The van der Waals surface area contributed by atoms with Gasteiger partial charge in [-0.25, -0.2) is 9.78 Å². The third-order valence-electron chi connectivity index (χ3n) is 3.19. The highest BCUT2D eigenvalue weighted by atomic mass is 16.5. The summed E-state index contributed by atoms with van der Waals surface area (Å²) >= 11 is 0. The highest BCUT2D eigenvalue weighted by Gasteiger charge is 2.11. The lowest BCUT2D eigenvalue weighted by molar-refractivity contribution is 0.0696. The second-order valence-electron chi connectivity index (χ2n) is 4.80. The van der Waals surface area contributed by atoms with Crippen molar-refractivity contribution in [1.29, 1.82) is 0 Å². The first kappa shape index (κ1) is 15.8. The van der Waals surface area contributed by atoms with E-state index in [1.54, 1.807) is 12.1 Å². The Hall–Kier alpha value is -2.56. The molecule has 0 aliphatic rings. The summed E-state index contributed by atoms with van der Waals surface area (Å²) in [7, 11) is 0. The summed E-state index contributed by atoms with van der Waals surface area (Å²) in [5.41, 5.74) is 1.14. The zero-order valence-electron chi connectivity index (χ0n) is 12.8. The van der Waals surface area contributed by atoms with Crippen LogP contribution in [0.5, 0.6) is 5.75 Å². The van der Waals surface area contributed by atoms with Gasteiger partial charge in [-0.2, -0.15) is 0 Å². The smallest absolute Gasteiger partial charge is 0.337 e. The molecule has 116 valence electrons. The molecule has 0 aliphatic carbocycles. The molecule has 0 aliphatic heterocycles. The molecule has 1 aromatic heterocycles. The van der Waals surface area contributed by atoms with Gasteiger partial charge in [0.25, 0.3) is 0 Å². The van der Waals surface area contributed by atoms with E-state index in [0.717, 1.165) is 24.4 Å². The first-order valence-electron chi connectivity index (χ1n) is 7.35. The lowest BCUT2D eigenvalue weighted by atomic mass is 10.2. The van der Waals surface area contributed by atoms with Gasteiger partial charge in [0.2, 0.25) is 0 Å². The molecule has 0 bridgehead atoms. The van der Waals surface area contributed by atoms with E-state index in [1.165, 1.54) is 6.20 Å². The average molecular weight is 300 g/mol. The Morgan fingerprint density at radius 2 is 2.09 bits per heavy atom. The number of nitrogens with zero attached hydrogens (tertiary/aromatic N) is 2. The highest BCUT2D eigenvalue weighted by Crippen LogP contribution is 2.27. The Kier molecular flexibility index (Phi) is 5.36. The Labute approximate surface area is 130 Å². The maximum atomic E-state index is 10.9. The quantitative estimate of drug-likeness (QED) is 0.844. The van der Waals surface area contributed by atoms with Crippen molar-refractivity contribution in [2.45, 2.75) is 20.3 Å². The van der Waals surface area contributed by atoms with Crippen LogP contribution in [-0.2, 0) is 0 Å². The van der Waals surface area contributed by atoms with Crippen LogP contribution in [0, 0.1) is 0 Å². The van der Waals surface area contributed by atoms with Gasteiger partial charge in [-0.3, -0.25) is 0 Å². The lowest BCUT2D eigenvalue weighted by Crippen LogP contribution is -2.17. The fourth-order valence-electron chi connectivity index (χ4n) is 2.11. The second-order valence-corrected chi connectivity index (χ2v) is 4.80. The number of carboxylic acid groups (broad SMARTS) is 1. The minimum absolute atomic E-state index is 0.180. The van der Waals surface area contributed by atoms with Crippen LogP contribution in [-0.4, -0.2) is 29.2 Å². The fourth-order valence-corrected chi connectivity index (χ4v) is 2.11. The molecule has 5 nitrogen and oxygen atoms in total. The molecule has 22 heavy (non-hydrogen) atoms. The number of carbonyl (C=O) groups is 1. The molecule has 0 amide bonds. The SMILES string of the molecule is CCCOc1cccc(N(CC)c2ccc(C(=O)O)cn2)c1. The van der Waals surface area contributed by atoms with E-state index in [2.05, 4.69) is 11.9 Å². The second kappa shape index (κ2) is 7.45. The third kappa shape index (κ3) is 3.75. The number of hydrogen-bond acceptors (Lipinski definition) is 4. The number of carboxylic acids is 1. The van der Waals surface area contributed by atoms with Crippen molar-refractivity contribution in [1.82, 2.24) is 4.98 Å². The largest absolute Gasteiger partial charge is 0.494 e. The number of aromatic nitrogens is 1. The minimum Gasteiger partial charge on any atom is -0.494 e. The molecule has 1 heterocycles. The average Bonchev–Trinajstić information content (AvgIpc) is 2.54. The van der Waals surface area contributed by atoms with Gasteiger partial charge in [0.05, 0.1) is 12.2 Å². The summed E-state index contributed by atoms with van der Waals surface area (Å²) in [6.07, 6.45) is 2.33. The van der Waals surface area contributed by atoms with Crippen molar-refractivity contribution < 1.29 is 14.6 Å². The number of rotatable bonds is 7. The molecule has 0 atom stereocenters. The minimum atomic E-state index is -0.975. The van der Waals surface area contributed by atoms with Gasteiger partial charge in [-0.05, 0) is 37.6 Å². The first-order chi connectivity index (χ1) is 10.7. The zero-order valence-corrected chi connectivity index (χ0v) is 12.8. The van der Waals surface area contributed by atoms with E-state index < -0.39 is 5.97 Å². The van der Waals surface area contributed by atoms with Gasteiger partial charge < -0.3 is 14.7 Å². The zero-order chi connectivity index (χ0) is 15.9. The van der Waals surface area contributed by atoms with Gasteiger partial charge in [-0.15, -0.1) is 0 Å². The number of aromatic carboxylic acids is 1.